The molecular formula is C62H110O5. The van der Waals surface area contributed by atoms with E-state index in [4.69, 9.17) is 9.47 Å². The minimum atomic E-state index is -0.775. The molecule has 0 rings (SSSR count). The lowest BCUT2D eigenvalue weighted by molar-refractivity contribution is -0.161. The van der Waals surface area contributed by atoms with Crippen LogP contribution in [-0.4, -0.2) is 36.4 Å². The molecular weight excluding hydrogens is 825 g/mol. The summed E-state index contributed by atoms with van der Waals surface area (Å²) in [7, 11) is 0. The van der Waals surface area contributed by atoms with Crippen LogP contribution in [-0.2, 0) is 19.1 Å². The fourth-order valence-corrected chi connectivity index (χ4v) is 8.40. The number of aliphatic hydroxyl groups excluding tert-OH is 1. The monoisotopic (exact) mass is 935 g/mol. The zero-order valence-electron chi connectivity index (χ0n) is 44.4. The summed E-state index contributed by atoms with van der Waals surface area (Å²) in [5.74, 6) is -0.589. The number of aliphatic hydroxyl groups is 1. The minimum absolute atomic E-state index is 0.0679. The summed E-state index contributed by atoms with van der Waals surface area (Å²) in [5.41, 5.74) is 0. The number of ether oxygens (including phenoxy) is 2. The first-order valence-corrected chi connectivity index (χ1v) is 29.0. The lowest BCUT2D eigenvalue weighted by Crippen LogP contribution is -2.28. The molecule has 0 heterocycles. The third kappa shape index (κ3) is 55.8. The second-order valence-corrected chi connectivity index (χ2v) is 19.3. The van der Waals surface area contributed by atoms with Gasteiger partial charge in [0, 0.05) is 12.8 Å². The highest BCUT2D eigenvalue weighted by molar-refractivity contribution is 5.70. The van der Waals surface area contributed by atoms with Gasteiger partial charge in [-0.25, -0.2) is 0 Å². The molecule has 0 aromatic rings. The molecule has 0 saturated heterocycles. The molecule has 0 aliphatic heterocycles. The van der Waals surface area contributed by atoms with Crippen molar-refractivity contribution >= 4 is 11.9 Å². The largest absolute Gasteiger partial charge is 0.462 e. The van der Waals surface area contributed by atoms with Gasteiger partial charge in [-0.3, -0.25) is 9.59 Å². The van der Waals surface area contributed by atoms with Crippen molar-refractivity contribution in [2.24, 2.45) is 0 Å². The lowest BCUT2D eigenvalue weighted by atomic mass is 10.0. The van der Waals surface area contributed by atoms with E-state index < -0.39 is 6.10 Å². The quantitative estimate of drug-likeness (QED) is 0.0374. The Balaban J connectivity index is 3.43. The van der Waals surface area contributed by atoms with Crippen LogP contribution in [0.4, 0.5) is 0 Å². The number of carbonyl (C=O) groups excluding carboxylic acids is 2. The van der Waals surface area contributed by atoms with Crippen LogP contribution in [0.2, 0.25) is 0 Å². The second-order valence-electron chi connectivity index (χ2n) is 19.3. The molecule has 0 aliphatic carbocycles. The standard InChI is InChI=1S/C62H110O5/c1-3-5-7-9-11-13-15-17-19-21-22-23-24-25-26-27-28-29-30-31-32-33-34-35-36-37-38-39-40-41-43-45-47-49-51-53-55-57-62(65)67-60(58-63)59-66-61(64)56-54-52-50-48-46-44-42-20-18-16-14-12-10-8-6-4-2/h5,7,11,13,17,19-20,22-23,25-26,42,60,63H,3-4,6,8-10,12,14-16,18,21,24,27-41,43-59H2,1-2H3/b7-5-,13-11-,19-17-,23-22-,26-25-,42-20-. The van der Waals surface area contributed by atoms with Crippen LogP contribution in [0.25, 0.3) is 0 Å². The van der Waals surface area contributed by atoms with Crippen LogP contribution in [0.15, 0.2) is 72.9 Å². The average molecular weight is 936 g/mol. The van der Waals surface area contributed by atoms with Crippen molar-refractivity contribution in [1.82, 2.24) is 0 Å². The van der Waals surface area contributed by atoms with Crippen molar-refractivity contribution in [3.63, 3.8) is 0 Å². The van der Waals surface area contributed by atoms with Crippen molar-refractivity contribution in [2.45, 2.75) is 296 Å². The molecule has 67 heavy (non-hydrogen) atoms. The molecule has 5 nitrogen and oxygen atoms in total. The van der Waals surface area contributed by atoms with Gasteiger partial charge in [-0.15, -0.1) is 0 Å². The van der Waals surface area contributed by atoms with Gasteiger partial charge >= 0.3 is 11.9 Å². The van der Waals surface area contributed by atoms with Crippen molar-refractivity contribution in [3.05, 3.63) is 72.9 Å². The summed E-state index contributed by atoms with van der Waals surface area (Å²) in [6.45, 7) is 4.04. The second kappa shape index (κ2) is 57.7. The Bertz CT molecular complexity index is 1190. The molecule has 0 bridgehead atoms. The predicted octanol–water partition coefficient (Wildman–Crippen LogP) is 19.6. The van der Waals surface area contributed by atoms with Crippen LogP contribution >= 0.6 is 0 Å². The summed E-state index contributed by atoms with van der Waals surface area (Å²) in [4.78, 5) is 24.5. The Kier molecular flexibility index (Phi) is 55.4. The van der Waals surface area contributed by atoms with E-state index in [1.165, 1.54) is 186 Å². The SMILES string of the molecule is CC/C=C\C/C=C\C/C=C\C/C=C\C/C=C\CCCCCCCCCCCCCCCCCCCCCCCC(=O)OC(CO)COC(=O)CCCCCCC/C=C\CCCCCCCCC. The molecule has 5 heteroatoms. The van der Waals surface area contributed by atoms with E-state index >= 15 is 0 Å². The van der Waals surface area contributed by atoms with Gasteiger partial charge in [0.05, 0.1) is 6.61 Å². The topological polar surface area (TPSA) is 72.8 Å². The van der Waals surface area contributed by atoms with Crippen LogP contribution in [0.3, 0.4) is 0 Å². The first-order chi connectivity index (χ1) is 33.1. The molecule has 0 amide bonds. The highest BCUT2D eigenvalue weighted by Crippen LogP contribution is 2.17. The predicted molar refractivity (Wildman–Crippen MR) is 293 cm³/mol. The number of hydrogen-bond donors (Lipinski definition) is 1. The fraction of sp³-hybridized carbons (Fsp3) is 0.774. The van der Waals surface area contributed by atoms with E-state index in [9.17, 15) is 14.7 Å². The van der Waals surface area contributed by atoms with Crippen molar-refractivity contribution < 1.29 is 24.2 Å². The van der Waals surface area contributed by atoms with Gasteiger partial charge in [0.25, 0.3) is 0 Å². The molecule has 1 N–H and O–H groups in total. The van der Waals surface area contributed by atoms with Crippen LogP contribution in [0, 0.1) is 0 Å². The maximum Gasteiger partial charge on any atom is 0.306 e. The molecule has 0 fully saturated rings. The highest BCUT2D eigenvalue weighted by Gasteiger charge is 2.16. The summed E-state index contributed by atoms with van der Waals surface area (Å²) >= 11 is 0. The van der Waals surface area contributed by atoms with Gasteiger partial charge in [-0.05, 0) is 83.5 Å². The number of rotatable bonds is 53. The van der Waals surface area contributed by atoms with Gasteiger partial charge in [0.15, 0.2) is 6.10 Å². The van der Waals surface area contributed by atoms with E-state index in [-0.39, 0.29) is 25.2 Å². The highest BCUT2D eigenvalue weighted by atomic mass is 16.6. The lowest BCUT2D eigenvalue weighted by Gasteiger charge is -2.15. The molecule has 388 valence electrons. The van der Waals surface area contributed by atoms with Gasteiger partial charge in [0.2, 0.25) is 0 Å². The molecule has 0 aliphatic rings. The van der Waals surface area contributed by atoms with E-state index in [1.807, 2.05) is 0 Å². The van der Waals surface area contributed by atoms with E-state index in [1.54, 1.807) is 0 Å². The first kappa shape index (κ1) is 64.3. The smallest absolute Gasteiger partial charge is 0.306 e. The van der Waals surface area contributed by atoms with E-state index in [2.05, 4.69) is 86.8 Å². The third-order valence-corrected chi connectivity index (χ3v) is 12.7. The first-order valence-electron chi connectivity index (χ1n) is 29.0. The maximum absolute atomic E-state index is 12.3. The Labute approximate surface area is 416 Å². The number of hydrogen-bond acceptors (Lipinski definition) is 5. The zero-order chi connectivity index (χ0) is 48.5. The summed E-state index contributed by atoms with van der Waals surface area (Å²) in [6.07, 6.45) is 78.9. The van der Waals surface area contributed by atoms with Gasteiger partial charge in [-0.1, -0.05) is 267 Å². The van der Waals surface area contributed by atoms with Crippen LogP contribution in [0.5, 0.6) is 0 Å². The maximum atomic E-state index is 12.3. The molecule has 1 unspecified atom stereocenters. The van der Waals surface area contributed by atoms with Crippen LogP contribution in [0.1, 0.15) is 290 Å². The molecule has 0 aromatic heterocycles. The Hall–Kier alpha value is -2.66. The van der Waals surface area contributed by atoms with E-state index in [0.717, 1.165) is 77.0 Å². The van der Waals surface area contributed by atoms with Crippen molar-refractivity contribution in [1.29, 1.82) is 0 Å². The zero-order valence-corrected chi connectivity index (χ0v) is 44.4. The number of allylic oxidation sites excluding steroid dienone is 12. The van der Waals surface area contributed by atoms with Gasteiger partial charge in [-0.2, -0.15) is 0 Å². The van der Waals surface area contributed by atoms with Crippen LogP contribution < -0.4 is 0 Å². The normalized spacial score (nSPS) is 12.7. The molecule has 0 spiro atoms. The summed E-state index contributed by atoms with van der Waals surface area (Å²) in [6, 6.07) is 0. The van der Waals surface area contributed by atoms with Crippen molar-refractivity contribution in [2.75, 3.05) is 13.2 Å². The van der Waals surface area contributed by atoms with E-state index in [0.29, 0.717) is 12.8 Å². The summed E-state index contributed by atoms with van der Waals surface area (Å²) in [5, 5.41) is 9.64. The van der Waals surface area contributed by atoms with Crippen molar-refractivity contribution in [3.8, 4) is 0 Å². The number of esters is 2. The third-order valence-electron chi connectivity index (χ3n) is 12.7. The Morgan fingerprint density at radius 3 is 0.985 bits per heavy atom. The number of unbranched alkanes of at least 4 members (excludes halogenated alkanes) is 33. The molecule has 0 radical (unpaired) electrons. The van der Waals surface area contributed by atoms with Gasteiger partial charge < -0.3 is 14.6 Å². The molecule has 1 atom stereocenters. The molecule has 0 saturated carbocycles. The minimum Gasteiger partial charge on any atom is -0.462 e. The van der Waals surface area contributed by atoms with Gasteiger partial charge in [0.1, 0.15) is 6.61 Å². The Morgan fingerprint density at radius 1 is 0.358 bits per heavy atom. The fourth-order valence-electron chi connectivity index (χ4n) is 8.40. The molecule has 0 aromatic carbocycles. The summed E-state index contributed by atoms with van der Waals surface area (Å²) < 4.78 is 10.7. The average Bonchev–Trinajstić information content (AvgIpc) is 3.33. The Morgan fingerprint density at radius 2 is 0.642 bits per heavy atom. The number of carbonyl (C=O) groups is 2.